The van der Waals surface area contributed by atoms with E-state index < -0.39 is 12.7 Å². The van der Waals surface area contributed by atoms with E-state index >= 15 is 0 Å². The van der Waals surface area contributed by atoms with Gasteiger partial charge in [-0.15, -0.1) is 0 Å². The lowest BCUT2D eigenvalue weighted by Gasteiger charge is -2.16. The van der Waals surface area contributed by atoms with E-state index in [2.05, 4.69) is 9.72 Å². The van der Waals surface area contributed by atoms with Gasteiger partial charge in [0.05, 0.1) is 6.10 Å². The molecule has 1 aromatic carbocycles. The van der Waals surface area contributed by atoms with Gasteiger partial charge >= 0.3 is 6.61 Å². The molecular formula is C14H14F2N2O2. The van der Waals surface area contributed by atoms with E-state index in [1.807, 2.05) is 0 Å². The van der Waals surface area contributed by atoms with Crippen molar-refractivity contribution in [1.29, 1.82) is 0 Å². The maximum atomic E-state index is 12.3. The van der Waals surface area contributed by atoms with Gasteiger partial charge in [-0.3, -0.25) is 4.98 Å². The first kappa shape index (κ1) is 14.2. The Morgan fingerprint density at radius 3 is 2.70 bits per heavy atom. The van der Waals surface area contributed by atoms with E-state index in [0.29, 0.717) is 11.3 Å². The van der Waals surface area contributed by atoms with Crippen molar-refractivity contribution in [2.75, 3.05) is 5.73 Å². The van der Waals surface area contributed by atoms with Crippen molar-refractivity contribution in [3.63, 3.8) is 0 Å². The summed E-state index contributed by atoms with van der Waals surface area (Å²) in [5, 5.41) is 10.2. The zero-order valence-electron chi connectivity index (χ0n) is 10.5. The molecule has 0 fully saturated rings. The zero-order chi connectivity index (χ0) is 14.5. The average Bonchev–Trinajstić information content (AvgIpc) is 2.41. The van der Waals surface area contributed by atoms with Gasteiger partial charge in [-0.25, -0.2) is 0 Å². The predicted molar refractivity (Wildman–Crippen MR) is 70.4 cm³/mol. The summed E-state index contributed by atoms with van der Waals surface area (Å²) >= 11 is 0. The molecular weight excluding hydrogens is 266 g/mol. The molecule has 2 aromatic rings. The topological polar surface area (TPSA) is 68.4 Å². The highest BCUT2D eigenvalue weighted by atomic mass is 19.3. The number of anilines is 1. The highest BCUT2D eigenvalue weighted by Gasteiger charge is 2.17. The number of hydrogen-bond donors (Lipinski definition) is 2. The number of para-hydroxylation sites is 1. The molecule has 0 radical (unpaired) electrons. The van der Waals surface area contributed by atoms with Crippen LogP contribution in [-0.2, 0) is 6.42 Å². The van der Waals surface area contributed by atoms with Gasteiger partial charge in [-0.05, 0) is 17.7 Å². The number of halogens is 2. The third-order valence-electron chi connectivity index (χ3n) is 2.85. The molecule has 20 heavy (non-hydrogen) atoms. The molecule has 0 aliphatic heterocycles. The average molecular weight is 280 g/mol. The molecule has 2 rings (SSSR count). The van der Waals surface area contributed by atoms with Crippen molar-refractivity contribution in [3.8, 4) is 5.75 Å². The summed E-state index contributed by atoms with van der Waals surface area (Å²) in [6.07, 6.45) is 2.24. The smallest absolute Gasteiger partial charge is 0.387 e. The van der Waals surface area contributed by atoms with Crippen LogP contribution in [0.3, 0.4) is 0 Å². The number of aliphatic hydroxyl groups is 1. The first-order valence-corrected chi connectivity index (χ1v) is 5.98. The number of pyridine rings is 1. The van der Waals surface area contributed by atoms with Crippen LogP contribution < -0.4 is 10.5 Å². The van der Waals surface area contributed by atoms with Crippen LogP contribution in [0.5, 0.6) is 5.75 Å². The molecule has 1 atom stereocenters. The van der Waals surface area contributed by atoms with Crippen LogP contribution >= 0.6 is 0 Å². The Labute approximate surface area is 114 Å². The number of hydrogen-bond acceptors (Lipinski definition) is 4. The van der Waals surface area contributed by atoms with Crippen LogP contribution in [0.2, 0.25) is 0 Å². The molecule has 0 saturated heterocycles. The SMILES string of the molecule is Nc1ccncc1CC(O)c1ccccc1OC(F)F. The highest BCUT2D eigenvalue weighted by Crippen LogP contribution is 2.29. The number of ether oxygens (including phenoxy) is 1. The fourth-order valence-electron chi connectivity index (χ4n) is 1.89. The van der Waals surface area contributed by atoms with Crippen LogP contribution in [0.4, 0.5) is 14.5 Å². The summed E-state index contributed by atoms with van der Waals surface area (Å²) < 4.78 is 29.0. The Hall–Kier alpha value is -2.21. The highest BCUT2D eigenvalue weighted by molar-refractivity contribution is 5.45. The van der Waals surface area contributed by atoms with Crippen LogP contribution in [0.1, 0.15) is 17.2 Å². The molecule has 6 heteroatoms. The van der Waals surface area contributed by atoms with Gasteiger partial charge in [-0.2, -0.15) is 8.78 Å². The molecule has 4 nitrogen and oxygen atoms in total. The largest absolute Gasteiger partial charge is 0.434 e. The van der Waals surface area contributed by atoms with E-state index in [9.17, 15) is 13.9 Å². The van der Waals surface area contributed by atoms with E-state index in [4.69, 9.17) is 5.73 Å². The zero-order valence-corrected chi connectivity index (χ0v) is 10.5. The second-order valence-electron chi connectivity index (χ2n) is 4.21. The predicted octanol–water partition coefficient (Wildman–Crippen LogP) is 2.54. The summed E-state index contributed by atoms with van der Waals surface area (Å²) in [7, 11) is 0. The van der Waals surface area contributed by atoms with E-state index in [1.54, 1.807) is 24.4 Å². The monoisotopic (exact) mass is 280 g/mol. The third kappa shape index (κ3) is 3.42. The van der Waals surface area contributed by atoms with Gasteiger partial charge in [0.2, 0.25) is 0 Å². The molecule has 0 aliphatic carbocycles. The minimum atomic E-state index is -2.94. The molecule has 3 N–H and O–H groups in total. The Morgan fingerprint density at radius 1 is 1.25 bits per heavy atom. The normalized spacial score (nSPS) is 12.4. The molecule has 0 spiro atoms. The number of nitrogens with two attached hydrogens (primary N) is 1. The van der Waals surface area contributed by atoms with Crippen molar-refractivity contribution < 1.29 is 18.6 Å². The van der Waals surface area contributed by atoms with E-state index in [-0.39, 0.29) is 17.7 Å². The number of aliphatic hydroxyl groups excluding tert-OH is 1. The molecule has 0 saturated carbocycles. The summed E-state index contributed by atoms with van der Waals surface area (Å²) in [4.78, 5) is 3.92. The maximum Gasteiger partial charge on any atom is 0.387 e. The lowest BCUT2D eigenvalue weighted by molar-refractivity contribution is -0.0515. The first-order valence-electron chi connectivity index (χ1n) is 5.98. The van der Waals surface area contributed by atoms with Crippen molar-refractivity contribution in [2.45, 2.75) is 19.1 Å². The fourth-order valence-corrected chi connectivity index (χ4v) is 1.89. The Balaban J connectivity index is 2.21. The van der Waals surface area contributed by atoms with Crippen molar-refractivity contribution in [1.82, 2.24) is 4.98 Å². The summed E-state index contributed by atoms with van der Waals surface area (Å²) in [6, 6.07) is 7.74. The minimum absolute atomic E-state index is 0.0440. The van der Waals surface area contributed by atoms with E-state index in [0.717, 1.165) is 0 Å². The first-order chi connectivity index (χ1) is 9.58. The summed E-state index contributed by atoms with van der Waals surface area (Å²) in [5.41, 5.74) is 7.19. The standard InChI is InChI=1S/C14H14F2N2O2/c15-14(16)20-13-4-2-1-3-10(13)12(19)7-9-8-18-6-5-11(9)17/h1-6,8,12,14,19H,7H2,(H2,17,18). The van der Waals surface area contributed by atoms with Gasteiger partial charge in [0, 0.05) is 30.1 Å². The lowest BCUT2D eigenvalue weighted by Crippen LogP contribution is -2.09. The van der Waals surface area contributed by atoms with Crippen LogP contribution in [0.25, 0.3) is 0 Å². The van der Waals surface area contributed by atoms with Gasteiger partial charge < -0.3 is 15.6 Å². The van der Waals surface area contributed by atoms with Gasteiger partial charge in [0.25, 0.3) is 0 Å². The van der Waals surface area contributed by atoms with Gasteiger partial charge in [0.1, 0.15) is 5.75 Å². The van der Waals surface area contributed by atoms with Crippen LogP contribution in [0, 0.1) is 0 Å². The number of benzene rings is 1. The number of rotatable bonds is 5. The van der Waals surface area contributed by atoms with Crippen molar-refractivity contribution in [3.05, 3.63) is 53.9 Å². The second-order valence-corrected chi connectivity index (χ2v) is 4.21. The number of aromatic nitrogens is 1. The fraction of sp³-hybridized carbons (Fsp3) is 0.214. The van der Waals surface area contributed by atoms with Crippen LogP contribution in [-0.4, -0.2) is 16.7 Å². The number of nitrogen functional groups attached to an aromatic ring is 1. The molecule has 1 unspecified atom stereocenters. The van der Waals surface area contributed by atoms with Gasteiger partial charge in [-0.1, -0.05) is 18.2 Å². The third-order valence-corrected chi connectivity index (χ3v) is 2.85. The molecule has 106 valence electrons. The van der Waals surface area contributed by atoms with Crippen molar-refractivity contribution in [2.24, 2.45) is 0 Å². The number of alkyl halides is 2. The molecule has 0 aliphatic rings. The second kappa shape index (κ2) is 6.29. The number of nitrogens with zero attached hydrogens (tertiary/aromatic N) is 1. The van der Waals surface area contributed by atoms with E-state index in [1.165, 1.54) is 18.3 Å². The molecule has 0 bridgehead atoms. The Kier molecular flexibility index (Phi) is 4.47. The molecule has 0 amide bonds. The Morgan fingerprint density at radius 2 is 2.00 bits per heavy atom. The minimum Gasteiger partial charge on any atom is -0.434 e. The van der Waals surface area contributed by atoms with Crippen LogP contribution in [0.15, 0.2) is 42.7 Å². The maximum absolute atomic E-state index is 12.3. The lowest BCUT2D eigenvalue weighted by atomic mass is 10.0. The Bertz CT molecular complexity index is 579. The summed E-state index contributed by atoms with van der Waals surface area (Å²) in [6.45, 7) is -2.94. The van der Waals surface area contributed by atoms with Crippen molar-refractivity contribution >= 4 is 5.69 Å². The summed E-state index contributed by atoms with van der Waals surface area (Å²) in [5.74, 6) is -0.0440. The molecule has 1 aromatic heterocycles. The molecule has 1 heterocycles. The van der Waals surface area contributed by atoms with Gasteiger partial charge in [0.15, 0.2) is 0 Å². The quantitative estimate of drug-likeness (QED) is 0.883.